The Morgan fingerprint density at radius 2 is 1.07 bits per heavy atom. The first-order chi connectivity index (χ1) is 13.9. The van der Waals surface area contributed by atoms with E-state index < -0.39 is 7.26 Å². The fourth-order valence-electron chi connectivity index (χ4n) is 3.78. The molecule has 158 valence electrons. The third-order valence-electron chi connectivity index (χ3n) is 5.57. The molecule has 0 N–H and O–H groups in total. The second kappa shape index (κ2) is 11.1. The summed E-state index contributed by atoms with van der Waals surface area (Å²) < 4.78 is 0. The monoisotopic (exact) mass is 480 g/mol. The van der Waals surface area contributed by atoms with E-state index in [4.69, 9.17) is 0 Å². The predicted molar refractivity (Wildman–Crippen MR) is 132 cm³/mol. The van der Waals surface area contributed by atoms with Crippen LogP contribution < -0.4 is 32.9 Å². The number of halogens is 1. The maximum Gasteiger partial charge on any atom is 0.115 e. The standard InChI is InChI=1S/C28H34P.BrH/c1-24(20-22-28(2,3)4)21-23-29(25-14-8-5-9-15-25,26-16-10-6-11-17-26)27-18-12-7-13-19-27;/h5-19,21H,20,22-23H2,1-4H3;1H/q+1;/p-1. The molecule has 0 aromatic heterocycles. The van der Waals surface area contributed by atoms with E-state index in [0.29, 0.717) is 5.41 Å². The van der Waals surface area contributed by atoms with Gasteiger partial charge in [0.2, 0.25) is 0 Å². The van der Waals surface area contributed by atoms with Crippen molar-refractivity contribution in [2.24, 2.45) is 5.41 Å². The van der Waals surface area contributed by atoms with Crippen LogP contribution in [0.2, 0.25) is 0 Å². The van der Waals surface area contributed by atoms with E-state index in [1.165, 1.54) is 34.3 Å². The highest BCUT2D eigenvalue weighted by molar-refractivity contribution is 7.95. The Kier molecular flexibility index (Phi) is 9.08. The van der Waals surface area contributed by atoms with Gasteiger partial charge in [0, 0.05) is 0 Å². The van der Waals surface area contributed by atoms with Crippen molar-refractivity contribution in [3.8, 4) is 0 Å². The molecule has 30 heavy (non-hydrogen) atoms. The minimum absolute atomic E-state index is 0. The van der Waals surface area contributed by atoms with Crippen molar-refractivity contribution in [2.75, 3.05) is 6.16 Å². The van der Waals surface area contributed by atoms with Crippen molar-refractivity contribution < 1.29 is 17.0 Å². The van der Waals surface area contributed by atoms with Gasteiger partial charge in [0.15, 0.2) is 0 Å². The molecule has 0 bridgehead atoms. The van der Waals surface area contributed by atoms with Gasteiger partial charge in [-0.15, -0.1) is 0 Å². The Morgan fingerprint density at radius 3 is 1.40 bits per heavy atom. The normalized spacial score (nSPS) is 12.3. The topological polar surface area (TPSA) is 0 Å². The summed E-state index contributed by atoms with van der Waals surface area (Å²) in [6.45, 7) is 9.29. The van der Waals surface area contributed by atoms with E-state index in [1.54, 1.807) is 0 Å². The maximum absolute atomic E-state index is 2.52. The first-order valence-corrected chi connectivity index (χ1v) is 12.6. The summed E-state index contributed by atoms with van der Waals surface area (Å²) in [6.07, 6.45) is 5.98. The minimum atomic E-state index is -1.75. The van der Waals surface area contributed by atoms with Gasteiger partial charge in [-0.1, -0.05) is 80.9 Å². The Morgan fingerprint density at radius 1 is 0.700 bits per heavy atom. The fraction of sp³-hybridized carbons (Fsp3) is 0.286. The lowest BCUT2D eigenvalue weighted by Gasteiger charge is -2.27. The fourth-order valence-corrected chi connectivity index (χ4v) is 7.93. The molecule has 0 atom stereocenters. The van der Waals surface area contributed by atoms with Gasteiger partial charge in [-0.05, 0) is 67.7 Å². The predicted octanol–water partition coefficient (Wildman–Crippen LogP) is 3.76. The molecular formula is C28H34BrP. The van der Waals surface area contributed by atoms with E-state index in [0.717, 1.165) is 6.16 Å². The Labute approximate surface area is 194 Å². The van der Waals surface area contributed by atoms with Crippen molar-refractivity contribution >= 4 is 23.2 Å². The van der Waals surface area contributed by atoms with Crippen LogP contribution in [0.25, 0.3) is 0 Å². The van der Waals surface area contributed by atoms with E-state index in [2.05, 4.69) is 125 Å². The van der Waals surface area contributed by atoms with Crippen LogP contribution in [0.5, 0.6) is 0 Å². The highest BCUT2D eigenvalue weighted by Gasteiger charge is 2.44. The summed E-state index contributed by atoms with van der Waals surface area (Å²) in [5.74, 6) is 0. The van der Waals surface area contributed by atoms with Gasteiger partial charge >= 0.3 is 0 Å². The van der Waals surface area contributed by atoms with Gasteiger partial charge < -0.3 is 17.0 Å². The van der Waals surface area contributed by atoms with E-state index in [9.17, 15) is 0 Å². The highest BCUT2D eigenvalue weighted by atomic mass is 79.9. The van der Waals surface area contributed by atoms with E-state index >= 15 is 0 Å². The van der Waals surface area contributed by atoms with E-state index in [-0.39, 0.29) is 17.0 Å². The zero-order valence-electron chi connectivity index (χ0n) is 18.7. The first kappa shape index (κ1) is 24.6. The number of hydrogen-bond acceptors (Lipinski definition) is 0. The van der Waals surface area contributed by atoms with Gasteiger partial charge in [0.05, 0.1) is 6.16 Å². The molecule has 0 aliphatic carbocycles. The maximum atomic E-state index is 2.52. The molecule has 0 heterocycles. The molecule has 0 nitrogen and oxygen atoms in total. The largest absolute Gasteiger partial charge is 1.00 e. The number of benzene rings is 3. The van der Waals surface area contributed by atoms with Crippen LogP contribution in [-0.2, 0) is 0 Å². The molecule has 0 unspecified atom stereocenters. The van der Waals surface area contributed by atoms with Gasteiger partial charge in [-0.25, -0.2) is 0 Å². The van der Waals surface area contributed by atoms with Crippen LogP contribution >= 0.6 is 7.26 Å². The molecule has 0 amide bonds. The van der Waals surface area contributed by atoms with Crippen molar-refractivity contribution in [1.29, 1.82) is 0 Å². The molecule has 3 rings (SSSR count). The van der Waals surface area contributed by atoms with E-state index in [1.807, 2.05) is 0 Å². The molecule has 3 aromatic carbocycles. The minimum Gasteiger partial charge on any atom is -1.00 e. The highest BCUT2D eigenvalue weighted by Crippen LogP contribution is 2.55. The summed E-state index contributed by atoms with van der Waals surface area (Å²) >= 11 is 0. The summed E-state index contributed by atoms with van der Waals surface area (Å²) in [7, 11) is -1.75. The van der Waals surface area contributed by atoms with Crippen molar-refractivity contribution in [2.45, 2.75) is 40.5 Å². The molecule has 0 aliphatic rings. The molecule has 0 aliphatic heterocycles. The van der Waals surface area contributed by atoms with Crippen LogP contribution in [0.3, 0.4) is 0 Å². The molecule has 0 saturated heterocycles. The van der Waals surface area contributed by atoms with Crippen LogP contribution in [0.1, 0.15) is 40.5 Å². The Balaban J connectivity index is 0.00000320. The molecule has 0 saturated carbocycles. The van der Waals surface area contributed by atoms with Crippen LogP contribution in [0.15, 0.2) is 103 Å². The summed E-state index contributed by atoms with van der Waals surface area (Å²) in [4.78, 5) is 0. The lowest BCUT2D eigenvalue weighted by Crippen LogP contribution is -3.00. The Hall–Kier alpha value is -1.69. The molecule has 2 heteroatoms. The van der Waals surface area contributed by atoms with Gasteiger partial charge in [-0.3, -0.25) is 0 Å². The van der Waals surface area contributed by atoms with Gasteiger partial charge in [-0.2, -0.15) is 0 Å². The average molecular weight is 481 g/mol. The summed E-state index contributed by atoms with van der Waals surface area (Å²) in [6, 6.07) is 33.4. The number of hydrogen-bond donors (Lipinski definition) is 0. The molecular weight excluding hydrogens is 447 g/mol. The quantitative estimate of drug-likeness (QED) is 0.356. The third kappa shape index (κ3) is 6.16. The van der Waals surface area contributed by atoms with Crippen LogP contribution in [-0.4, -0.2) is 6.16 Å². The SMILES string of the molecule is CC(=CC[P+](c1ccccc1)(c1ccccc1)c1ccccc1)CCC(C)(C)C.[Br-]. The second-order valence-electron chi connectivity index (χ2n) is 9.11. The van der Waals surface area contributed by atoms with Crippen LogP contribution in [0, 0.1) is 5.41 Å². The number of allylic oxidation sites excluding steroid dienone is 2. The van der Waals surface area contributed by atoms with Crippen LogP contribution in [0.4, 0.5) is 0 Å². The zero-order chi connectivity index (χ0) is 20.7. The molecule has 0 fully saturated rings. The summed E-state index contributed by atoms with van der Waals surface area (Å²) in [5.41, 5.74) is 1.88. The molecule has 3 aromatic rings. The second-order valence-corrected chi connectivity index (χ2v) is 12.6. The van der Waals surface area contributed by atoms with Gasteiger partial charge in [0.1, 0.15) is 23.2 Å². The zero-order valence-corrected chi connectivity index (χ0v) is 21.2. The summed E-state index contributed by atoms with van der Waals surface area (Å²) in [5, 5.41) is 4.37. The van der Waals surface area contributed by atoms with Crippen molar-refractivity contribution in [1.82, 2.24) is 0 Å². The lowest BCUT2D eigenvalue weighted by atomic mass is 9.89. The molecule has 0 spiro atoms. The Bertz CT molecular complexity index is 812. The average Bonchev–Trinajstić information content (AvgIpc) is 2.74. The van der Waals surface area contributed by atoms with Gasteiger partial charge in [0.25, 0.3) is 0 Å². The third-order valence-corrected chi connectivity index (χ3v) is 9.84. The van der Waals surface area contributed by atoms with Crippen molar-refractivity contribution in [3.63, 3.8) is 0 Å². The lowest BCUT2D eigenvalue weighted by molar-refractivity contribution is -0.00000652. The first-order valence-electron chi connectivity index (χ1n) is 10.6. The molecule has 0 radical (unpaired) electrons. The smallest absolute Gasteiger partial charge is 0.115 e. The van der Waals surface area contributed by atoms with Crippen molar-refractivity contribution in [3.05, 3.63) is 103 Å². The number of rotatable bonds is 7.